The molecule has 0 radical (unpaired) electrons. The minimum atomic E-state index is 1.09. The van der Waals surface area contributed by atoms with Crippen molar-refractivity contribution < 1.29 is 0 Å². The van der Waals surface area contributed by atoms with Crippen molar-refractivity contribution in [2.24, 2.45) is 0 Å². The molecule has 1 saturated heterocycles. The molecule has 0 aliphatic carbocycles. The lowest BCUT2D eigenvalue weighted by molar-refractivity contribution is 0.331. The minimum absolute atomic E-state index is 1.09. The van der Waals surface area contributed by atoms with Crippen LogP contribution in [0.4, 0.5) is 0 Å². The summed E-state index contributed by atoms with van der Waals surface area (Å²) in [7, 11) is 0. The third-order valence-electron chi connectivity index (χ3n) is 3.55. The third kappa shape index (κ3) is 2.59. The smallest absolute Gasteiger partial charge is 0.0346 e. The van der Waals surface area contributed by atoms with Gasteiger partial charge in [0.25, 0.3) is 0 Å². The van der Waals surface area contributed by atoms with Gasteiger partial charge in [-0.25, -0.2) is 0 Å². The van der Waals surface area contributed by atoms with E-state index in [1.807, 2.05) is 18.5 Å². The lowest BCUT2D eigenvalue weighted by Gasteiger charge is -2.14. The van der Waals surface area contributed by atoms with Gasteiger partial charge in [-0.15, -0.1) is 0 Å². The fourth-order valence-electron chi connectivity index (χ4n) is 2.54. The molecule has 2 heteroatoms. The molecular formula is C16H18N2. The largest absolute Gasteiger partial charge is 0.299 e. The zero-order valence-electron chi connectivity index (χ0n) is 10.5. The number of rotatable bonds is 3. The highest BCUT2D eigenvalue weighted by molar-refractivity contribution is 5.62. The highest BCUT2D eigenvalue weighted by Crippen LogP contribution is 2.19. The van der Waals surface area contributed by atoms with Gasteiger partial charge in [-0.05, 0) is 48.7 Å². The molecule has 92 valence electrons. The Hall–Kier alpha value is -1.67. The molecule has 1 aromatic carbocycles. The Morgan fingerprint density at radius 2 is 1.72 bits per heavy atom. The maximum absolute atomic E-state index is 4.16. The third-order valence-corrected chi connectivity index (χ3v) is 3.55. The van der Waals surface area contributed by atoms with Gasteiger partial charge in [0.2, 0.25) is 0 Å². The number of benzene rings is 1. The molecule has 2 nitrogen and oxygen atoms in total. The second-order valence-electron chi connectivity index (χ2n) is 4.92. The molecule has 1 aliphatic heterocycles. The second kappa shape index (κ2) is 5.32. The summed E-state index contributed by atoms with van der Waals surface area (Å²) in [5, 5.41) is 0. The standard InChI is InChI=1S/C16H18N2/c1-2-11-18(10-1)13-14-5-7-15(8-6-14)16-4-3-9-17-12-16/h3-9,12H,1-2,10-11,13H2. The maximum atomic E-state index is 4.16. The van der Waals surface area contributed by atoms with Crippen LogP contribution in [0.1, 0.15) is 18.4 Å². The van der Waals surface area contributed by atoms with Gasteiger partial charge < -0.3 is 0 Å². The molecule has 0 amide bonds. The van der Waals surface area contributed by atoms with Crippen molar-refractivity contribution in [3.63, 3.8) is 0 Å². The zero-order valence-corrected chi connectivity index (χ0v) is 10.5. The molecule has 1 aromatic heterocycles. The summed E-state index contributed by atoms with van der Waals surface area (Å²) in [5.41, 5.74) is 3.84. The predicted molar refractivity (Wildman–Crippen MR) is 74.2 cm³/mol. The van der Waals surface area contributed by atoms with Gasteiger partial charge in [0.1, 0.15) is 0 Å². The number of hydrogen-bond acceptors (Lipinski definition) is 2. The van der Waals surface area contributed by atoms with Crippen molar-refractivity contribution in [1.29, 1.82) is 0 Å². The van der Waals surface area contributed by atoms with E-state index in [1.54, 1.807) is 0 Å². The molecule has 1 aliphatic rings. The number of hydrogen-bond donors (Lipinski definition) is 0. The minimum Gasteiger partial charge on any atom is -0.299 e. The number of aromatic nitrogens is 1. The molecule has 2 aromatic rings. The highest BCUT2D eigenvalue weighted by atomic mass is 15.1. The first-order valence-corrected chi connectivity index (χ1v) is 6.63. The zero-order chi connectivity index (χ0) is 12.2. The second-order valence-corrected chi connectivity index (χ2v) is 4.92. The summed E-state index contributed by atoms with van der Waals surface area (Å²) < 4.78 is 0. The van der Waals surface area contributed by atoms with Gasteiger partial charge in [-0.2, -0.15) is 0 Å². The van der Waals surface area contributed by atoms with Crippen LogP contribution in [0, 0.1) is 0 Å². The van der Waals surface area contributed by atoms with Crippen molar-refractivity contribution >= 4 is 0 Å². The summed E-state index contributed by atoms with van der Waals surface area (Å²) >= 11 is 0. The Morgan fingerprint density at radius 1 is 0.944 bits per heavy atom. The SMILES string of the molecule is c1cncc(-c2ccc(CN3CCCC3)cc2)c1. The fourth-order valence-corrected chi connectivity index (χ4v) is 2.54. The maximum Gasteiger partial charge on any atom is 0.0346 e. The Kier molecular flexibility index (Phi) is 3.37. The van der Waals surface area contributed by atoms with Gasteiger partial charge in [0.15, 0.2) is 0 Å². The van der Waals surface area contributed by atoms with Crippen LogP contribution in [0.2, 0.25) is 0 Å². The van der Waals surface area contributed by atoms with Gasteiger partial charge in [0, 0.05) is 18.9 Å². The lowest BCUT2D eigenvalue weighted by Crippen LogP contribution is -2.18. The van der Waals surface area contributed by atoms with Crippen molar-refractivity contribution in [2.45, 2.75) is 19.4 Å². The van der Waals surface area contributed by atoms with E-state index >= 15 is 0 Å². The average Bonchev–Trinajstić information content (AvgIpc) is 2.94. The van der Waals surface area contributed by atoms with Crippen molar-refractivity contribution in [2.75, 3.05) is 13.1 Å². The molecule has 0 spiro atoms. The van der Waals surface area contributed by atoms with E-state index < -0.39 is 0 Å². The van der Waals surface area contributed by atoms with Crippen LogP contribution in [0.3, 0.4) is 0 Å². The van der Waals surface area contributed by atoms with Gasteiger partial charge in [0.05, 0.1) is 0 Å². The highest BCUT2D eigenvalue weighted by Gasteiger charge is 2.11. The van der Waals surface area contributed by atoms with Gasteiger partial charge in [-0.1, -0.05) is 30.3 Å². The van der Waals surface area contributed by atoms with Crippen LogP contribution in [0.15, 0.2) is 48.8 Å². The predicted octanol–water partition coefficient (Wildman–Crippen LogP) is 3.34. The first kappa shape index (κ1) is 11.4. The molecule has 0 atom stereocenters. The molecule has 0 unspecified atom stereocenters. The van der Waals surface area contributed by atoms with Crippen LogP contribution >= 0.6 is 0 Å². The van der Waals surface area contributed by atoms with Gasteiger partial charge in [-0.3, -0.25) is 9.88 Å². The van der Waals surface area contributed by atoms with E-state index in [0.29, 0.717) is 0 Å². The van der Waals surface area contributed by atoms with Crippen molar-refractivity contribution in [3.05, 3.63) is 54.4 Å². The Balaban J connectivity index is 1.72. The topological polar surface area (TPSA) is 16.1 Å². The fraction of sp³-hybridized carbons (Fsp3) is 0.312. The number of nitrogens with zero attached hydrogens (tertiary/aromatic N) is 2. The summed E-state index contributed by atoms with van der Waals surface area (Å²) in [6.45, 7) is 3.60. The lowest BCUT2D eigenvalue weighted by atomic mass is 10.1. The van der Waals surface area contributed by atoms with Crippen LogP contribution in [-0.4, -0.2) is 23.0 Å². The average molecular weight is 238 g/mol. The molecule has 18 heavy (non-hydrogen) atoms. The van der Waals surface area contributed by atoms with E-state index in [4.69, 9.17) is 0 Å². The summed E-state index contributed by atoms with van der Waals surface area (Å²) in [6, 6.07) is 12.9. The number of likely N-dealkylation sites (tertiary alicyclic amines) is 1. The van der Waals surface area contributed by atoms with E-state index in [0.717, 1.165) is 6.54 Å². The van der Waals surface area contributed by atoms with Crippen molar-refractivity contribution in [1.82, 2.24) is 9.88 Å². The molecular weight excluding hydrogens is 220 g/mol. The van der Waals surface area contributed by atoms with Crippen LogP contribution in [0.5, 0.6) is 0 Å². The van der Waals surface area contributed by atoms with E-state index in [9.17, 15) is 0 Å². The molecule has 0 saturated carbocycles. The summed E-state index contributed by atoms with van der Waals surface area (Å²) in [5.74, 6) is 0. The molecule has 0 bridgehead atoms. The summed E-state index contributed by atoms with van der Waals surface area (Å²) in [6.07, 6.45) is 6.43. The van der Waals surface area contributed by atoms with Gasteiger partial charge >= 0.3 is 0 Å². The first-order chi connectivity index (χ1) is 8.92. The van der Waals surface area contributed by atoms with Crippen LogP contribution in [0.25, 0.3) is 11.1 Å². The number of pyridine rings is 1. The first-order valence-electron chi connectivity index (χ1n) is 6.63. The Labute approximate surface area is 108 Å². The van der Waals surface area contributed by atoms with E-state index in [-0.39, 0.29) is 0 Å². The van der Waals surface area contributed by atoms with E-state index in [1.165, 1.54) is 42.6 Å². The van der Waals surface area contributed by atoms with Crippen LogP contribution in [-0.2, 0) is 6.54 Å². The normalized spacial score (nSPS) is 16.0. The molecule has 2 heterocycles. The molecule has 3 rings (SSSR count). The Bertz CT molecular complexity index is 484. The van der Waals surface area contributed by atoms with Crippen molar-refractivity contribution in [3.8, 4) is 11.1 Å². The summed E-state index contributed by atoms with van der Waals surface area (Å²) in [4.78, 5) is 6.69. The monoisotopic (exact) mass is 238 g/mol. The van der Waals surface area contributed by atoms with Crippen LogP contribution < -0.4 is 0 Å². The molecule has 0 N–H and O–H groups in total. The quantitative estimate of drug-likeness (QED) is 0.815. The van der Waals surface area contributed by atoms with E-state index in [2.05, 4.69) is 40.2 Å². The Morgan fingerprint density at radius 3 is 2.39 bits per heavy atom. The molecule has 1 fully saturated rings.